The molecule has 1 fully saturated rings. The van der Waals surface area contributed by atoms with Crippen LogP contribution < -0.4 is 0 Å². The maximum atomic E-state index is 12.2. The number of alkyl halides is 2. The van der Waals surface area contributed by atoms with E-state index < -0.39 is 12.4 Å². The van der Waals surface area contributed by atoms with Crippen molar-refractivity contribution in [3.63, 3.8) is 0 Å². The van der Waals surface area contributed by atoms with E-state index in [1.54, 1.807) is 23.2 Å². The van der Waals surface area contributed by atoms with Gasteiger partial charge in [0.25, 0.3) is 6.43 Å². The summed E-state index contributed by atoms with van der Waals surface area (Å²) in [5.74, 6) is -0.402. The fraction of sp³-hybridized carbons (Fsp3) is 0.538. The Morgan fingerprint density at radius 1 is 1.47 bits per heavy atom. The number of piperidine rings is 1. The van der Waals surface area contributed by atoms with Crippen LogP contribution in [0.4, 0.5) is 8.78 Å². The molecule has 0 radical (unpaired) electrons. The first-order valence-corrected chi connectivity index (χ1v) is 6.26. The second-order valence-corrected chi connectivity index (χ2v) is 4.54. The van der Waals surface area contributed by atoms with Gasteiger partial charge in [-0.1, -0.05) is 0 Å². The molecule has 2 rings (SSSR count). The van der Waals surface area contributed by atoms with Crippen molar-refractivity contribution in [2.75, 3.05) is 19.6 Å². The summed E-state index contributed by atoms with van der Waals surface area (Å²) in [5.41, 5.74) is 0.414. The Morgan fingerprint density at radius 2 is 2.21 bits per heavy atom. The molecule has 1 aromatic rings. The molecule has 0 amide bonds. The highest BCUT2D eigenvalue weighted by molar-refractivity contribution is 5.89. The molecule has 0 unspecified atom stereocenters. The van der Waals surface area contributed by atoms with Crippen LogP contribution in [0.2, 0.25) is 0 Å². The molecule has 0 aromatic carbocycles. The number of hydrogen-bond donors (Lipinski definition) is 0. The third-order valence-corrected chi connectivity index (χ3v) is 3.10. The normalized spacial score (nSPS) is 17.6. The fourth-order valence-electron chi connectivity index (χ4n) is 2.11. The Bertz CT molecular complexity index is 406. The third-order valence-electron chi connectivity index (χ3n) is 3.10. The number of rotatable bonds is 4. The lowest BCUT2D eigenvalue weighted by Crippen LogP contribution is -2.40. The van der Waals surface area contributed by atoms with Gasteiger partial charge < -0.3 is 4.74 Å². The minimum atomic E-state index is -2.31. The third kappa shape index (κ3) is 4.24. The van der Waals surface area contributed by atoms with Crippen molar-refractivity contribution in [3.05, 3.63) is 30.1 Å². The largest absolute Gasteiger partial charge is 0.459 e. The maximum Gasteiger partial charge on any atom is 0.339 e. The van der Waals surface area contributed by atoms with Crippen LogP contribution in [0.25, 0.3) is 0 Å². The van der Waals surface area contributed by atoms with Gasteiger partial charge in [0, 0.05) is 25.5 Å². The second-order valence-electron chi connectivity index (χ2n) is 4.54. The molecule has 0 atom stereocenters. The lowest BCUT2D eigenvalue weighted by atomic mass is 10.1. The van der Waals surface area contributed by atoms with Gasteiger partial charge in [-0.15, -0.1) is 0 Å². The zero-order valence-corrected chi connectivity index (χ0v) is 10.5. The molecule has 19 heavy (non-hydrogen) atoms. The summed E-state index contributed by atoms with van der Waals surface area (Å²) >= 11 is 0. The summed E-state index contributed by atoms with van der Waals surface area (Å²) in [5, 5.41) is 0. The monoisotopic (exact) mass is 270 g/mol. The van der Waals surface area contributed by atoms with Crippen LogP contribution in [0.3, 0.4) is 0 Å². The first-order chi connectivity index (χ1) is 9.15. The number of halogens is 2. The quantitative estimate of drug-likeness (QED) is 0.784. The highest BCUT2D eigenvalue weighted by Crippen LogP contribution is 2.16. The standard InChI is InChI=1S/C13H16F2N2O2/c14-12(15)9-17-6-3-11(4-7-17)19-13(18)10-2-1-5-16-8-10/h1-2,5,8,11-12H,3-4,6-7,9H2. The van der Waals surface area contributed by atoms with Gasteiger partial charge in [0.05, 0.1) is 12.1 Å². The number of esters is 1. The number of hydrogen-bond acceptors (Lipinski definition) is 4. The fourth-order valence-corrected chi connectivity index (χ4v) is 2.11. The molecule has 0 aliphatic carbocycles. The molecule has 1 aliphatic heterocycles. The molecule has 1 aromatic heterocycles. The molecule has 2 heterocycles. The molecule has 0 N–H and O–H groups in total. The zero-order valence-electron chi connectivity index (χ0n) is 10.5. The van der Waals surface area contributed by atoms with E-state index in [1.165, 1.54) is 6.20 Å². The minimum Gasteiger partial charge on any atom is -0.459 e. The van der Waals surface area contributed by atoms with Crippen LogP contribution in [0.1, 0.15) is 23.2 Å². The lowest BCUT2D eigenvalue weighted by molar-refractivity contribution is 0.00222. The second kappa shape index (κ2) is 6.56. The summed E-state index contributed by atoms with van der Waals surface area (Å²) in [6.07, 6.45) is 1.72. The van der Waals surface area contributed by atoms with Crippen molar-refractivity contribution in [1.29, 1.82) is 0 Å². The molecule has 1 saturated heterocycles. The van der Waals surface area contributed by atoms with Crippen molar-refractivity contribution in [2.45, 2.75) is 25.4 Å². The van der Waals surface area contributed by atoms with Crippen molar-refractivity contribution in [2.24, 2.45) is 0 Å². The Morgan fingerprint density at radius 3 is 2.79 bits per heavy atom. The van der Waals surface area contributed by atoms with E-state index in [4.69, 9.17) is 4.74 Å². The van der Waals surface area contributed by atoms with Gasteiger partial charge >= 0.3 is 5.97 Å². The van der Waals surface area contributed by atoms with Crippen molar-refractivity contribution in [1.82, 2.24) is 9.88 Å². The first-order valence-electron chi connectivity index (χ1n) is 6.26. The summed E-state index contributed by atoms with van der Waals surface area (Å²) in [6, 6.07) is 3.31. The molecule has 0 bridgehead atoms. The van der Waals surface area contributed by atoms with E-state index in [-0.39, 0.29) is 12.6 Å². The Kier molecular flexibility index (Phi) is 4.79. The van der Waals surface area contributed by atoms with Gasteiger partial charge in [0.1, 0.15) is 6.10 Å². The molecule has 0 saturated carbocycles. The number of likely N-dealkylation sites (tertiary alicyclic amines) is 1. The summed E-state index contributed by atoms with van der Waals surface area (Å²) in [6.45, 7) is 0.869. The predicted octanol–water partition coefficient (Wildman–Crippen LogP) is 1.97. The zero-order chi connectivity index (χ0) is 13.7. The SMILES string of the molecule is O=C(OC1CCN(CC(F)F)CC1)c1cccnc1. The van der Waals surface area contributed by atoms with E-state index >= 15 is 0 Å². The molecular formula is C13H16F2N2O2. The highest BCUT2D eigenvalue weighted by Gasteiger charge is 2.24. The van der Waals surface area contributed by atoms with Crippen molar-refractivity contribution >= 4 is 5.97 Å². The van der Waals surface area contributed by atoms with Crippen LogP contribution in [0.5, 0.6) is 0 Å². The van der Waals surface area contributed by atoms with Gasteiger partial charge in [-0.05, 0) is 25.0 Å². The molecule has 6 heteroatoms. The molecule has 104 valence electrons. The topological polar surface area (TPSA) is 42.4 Å². The van der Waals surface area contributed by atoms with Crippen LogP contribution in [-0.4, -0.2) is 48.0 Å². The van der Waals surface area contributed by atoms with E-state index in [1.807, 2.05) is 0 Å². The van der Waals surface area contributed by atoms with Crippen LogP contribution in [0.15, 0.2) is 24.5 Å². The van der Waals surface area contributed by atoms with Crippen molar-refractivity contribution in [3.8, 4) is 0 Å². The van der Waals surface area contributed by atoms with E-state index in [2.05, 4.69) is 4.98 Å². The number of pyridine rings is 1. The maximum absolute atomic E-state index is 12.2. The van der Waals surface area contributed by atoms with Gasteiger partial charge in [-0.2, -0.15) is 0 Å². The Hall–Kier alpha value is -1.56. The lowest BCUT2D eigenvalue weighted by Gasteiger charge is -2.31. The smallest absolute Gasteiger partial charge is 0.339 e. The molecular weight excluding hydrogens is 254 g/mol. The van der Waals surface area contributed by atoms with Gasteiger partial charge in [0.15, 0.2) is 0 Å². The number of carbonyl (C=O) groups is 1. The van der Waals surface area contributed by atoms with Gasteiger partial charge in [-0.25, -0.2) is 13.6 Å². The Balaban J connectivity index is 1.78. The molecule has 4 nitrogen and oxygen atoms in total. The minimum absolute atomic E-state index is 0.193. The summed E-state index contributed by atoms with van der Waals surface area (Å²) in [4.78, 5) is 17.3. The van der Waals surface area contributed by atoms with Crippen LogP contribution in [-0.2, 0) is 4.74 Å². The van der Waals surface area contributed by atoms with Gasteiger partial charge in [0.2, 0.25) is 0 Å². The van der Waals surface area contributed by atoms with Gasteiger partial charge in [-0.3, -0.25) is 9.88 Å². The molecule has 0 spiro atoms. The van der Waals surface area contributed by atoms with E-state index in [9.17, 15) is 13.6 Å². The van der Waals surface area contributed by atoms with Crippen molar-refractivity contribution < 1.29 is 18.3 Å². The number of ether oxygens (including phenoxy) is 1. The summed E-state index contributed by atoms with van der Waals surface area (Å²) < 4.78 is 29.8. The average Bonchev–Trinajstić information content (AvgIpc) is 2.41. The Labute approximate surface area is 110 Å². The van der Waals surface area contributed by atoms with Crippen LogP contribution in [0, 0.1) is 0 Å². The first kappa shape index (κ1) is 13.9. The van der Waals surface area contributed by atoms with Crippen LogP contribution >= 0.6 is 0 Å². The average molecular weight is 270 g/mol. The number of aromatic nitrogens is 1. The summed E-state index contributed by atoms with van der Waals surface area (Å²) in [7, 11) is 0. The number of nitrogens with zero attached hydrogens (tertiary/aromatic N) is 2. The predicted molar refractivity (Wildman–Crippen MR) is 65.1 cm³/mol. The number of carbonyl (C=O) groups excluding carboxylic acids is 1. The van der Waals surface area contributed by atoms with E-state index in [0.29, 0.717) is 31.5 Å². The highest BCUT2D eigenvalue weighted by atomic mass is 19.3. The molecule has 1 aliphatic rings. The van der Waals surface area contributed by atoms with E-state index in [0.717, 1.165) is 0 Å².